The minimum atomic E-state index is -1.09. The third-order valence-corrected chi connectivity index (χ3v) is 6.49. The van der Waals surface area contributed by atoms with Crippen LogP contribution >= 0.6 is 11.6 Å². The van der Waals surface area contributed by atoms with E-state index in [2.05, 4.69) is 20.3 Å². The van der Waals surface area contributed by atoms with Crippen LogP contribution in [0.4, 0.5) is 5.82 Å². The van der Waals surface area contributed by atoms with Crippen LogP contribution in [0.3, 0.4) is 0 Å². The first-order valence-electron chi connectivity index (χ1n) is 9.17. The lowest BCUT2D eigenvalue weighted by Crippen LogP contribution is -2.32. The summed E-state index contributed by atoms with van der Waals surface area (Å²) in [4.78, 5) is 13.2. The lowest BCUT2D eigenvalue weighted by Gasteiger charge is -2.23. The smallest absolute Gasteiger partial charge is 0.167 e. The number of hydrogen-bond acceptors (Lipinski definition) is 7. The second-order valence-electron chi connectivity index (χ2n) is 7.67. The zero-order valence-corrected chi connectivity index (χ0v) is 15.0. The van der Waals surface area contributed by atoms with E-state index in [9.17, 15) is 10.2 Å². The minimum absolute atomic E-state index is 0.105. The number of alkyl halides is 1. The van der Waals surface area contributed by atoms with E-state index in [1.807, 2.05) is 0 Å². The second kappa shape index (κ2) is 6.30. The van der Waals surface area contributed by atoms with Crippen LogP contribution in [0.2, 0.25) is 0 Å². The van der Waals surface area contributed by atoms with Crippen molar-refractivity contribution >= 4 is 28.6 Å². The predicted octanol–water partition coefficient (Wildman–Crippen LogP) is 1.28. The van der Waals surface area contributed by atoms with Gasteiger partial charge in [-0.3, -0.25) is 4.57 Å². The summed E-state index contributed by atoms with van der Waals surface area (Å²) >= 11 is 5.81. The Kier molecular flexibility index (Phi) is 4.04. The van der Waals surface area contributed by atoms with Crippen molar-refractivity contribution in [2.45, 2.75) is 56.3 Å². The van der Waals surface area contributed by atoms with Gasteiger partial charge in [0.25, 0.3) is 0 Å². The summed E-state index contributed by atoms with van der Waals surface area (Å²) in [5, 5.41) is 23.9. The highest BCUT2D eigenvalue weighted by Gasteiger charge is 2.44. The maximum Gasteiger partial charge on any atom is 0.167 e. The highest BCUT2D eigenvalue weighted by atomic mass is 35.5. The van der Waals surface area contributed by atoms with E-state index in [1.54, 1.807) is 10.9 Å². The van der Waals surface area contributed by atoms with E-state index in [4.69, 9.17) is 16.3 Å². The van der Waals surface area contributed by atoms with Crippen LogP contribution in [0.15, 0.2) is 12.7 Å². The van der Waals surface area contributed by atoms with Gasteiger partial charge in [-0.1, -0.05) is 6.42 Å². The summed E-state index contributed by atoms with van der Waals surface area (Å²) in [7, 11) is 0. The molecule has 26 heavy (non-hydrogen) atoms. The number of aromatic nitrogens is 4. The molecule has 0 radical (unpaired) electrons. The van der Waals surface area contributed by atoms with Gasteiger partial charge in [-0.15, -0.1) is 11.6 Å². The molecule has 0 amide bonds. The monoisotopic (exact) mass is 379 g/mol. The molecule has 2 aliphatic carbocycles. The average molecular weight is 380 g/mol. The molecule has 3 fully saturated rings. The van der Waals surface area contributed by atoms with Crippen LogP contribution in [0.1, 0.15) is 31.9 Å². The van der Waals surface area contributed by atoms with Crippen molar-refractivity contribution in [2.75, 3.05) is 11.2 Å². The third kappa shape index (κ3) is 2.51. The zero-order valence-electron chi connectivity index (χ0n) is 14.2. The van der Waals surface area contributed by atoms with Crippen molar-refractivity contribution in [1.29, 1.82) is 0 Å². The summed E-state index contributed by atoms with van der Waals surface area (Å²) in [6, 6.07) is 0.438. The Bertz CT molecular complexity index is 817. The van der Waals surface area contributed by atoms with Gasteiger partial charge in [-0.25, -0.2) is 15.0 Å². The standard InChI is InChI=1S/C17H22ClN5O3/c18-5-11-13(24)14(25)17(26-11)23-7-21-12-15(19-6-20-16(12)23)22-10-4-8-1-2-9(10)3-8/h6-11,13-14,17,24-25H,1-5H2,(H,19,20,22)/t8-,9+,10-,11+,13+,14+,17+/m0/s1. The Morgan fingerprint density at radius 3 is 2.77 bits per heavy atom. The van der Waals surface area contributed by atoms with E-state index in [0.717, 1.165) is 5.92 Å². The number of halogens is 1. The molecule has 2 aromatic heterocycles. The third-order valence-electron chi connectivity index (χ3n) is 6.18. The number of ether oxygens (including phenoxy) is 1. The fourth-order valence-electron chi connectivity index (χ4n) is 4.83. The van der Waals surface area contributed by atoms with Crippen LogP contribution in [0.5, 0.6) is 0 Å². The molecule has 2 aromatic rings. The Morgan fingerprint density at radius 2 is 2.08 bits per heavy atom. The van der Waals surface area contributed by atoms with Crippen molar-refractivity contribution in [3.8, 4) is 0 Å². The number of hydrogen-bond donors (Lipinski definition) is 3. The van der Waals surface area contributed by atoms with Crippen molar-refractivity contribution in [3.63, 3.8) is 0 Å². The topological polar surface area (TPSA) is 105 Å². The van der Waals surface area contributed by atoms with E-state index in [-0.39, 0.29) is 5.88 Å². The first kappa shape index (κ1) is 16.7. The van der Waals surface area contributed by atoms with Gasteiger partial charge >= 0.3 is 0 Å². The highest BCUT2D eigenvalue weighted by Crippen LogP contribution is 2.45. The van der Waals surface area contributed by atoms with Gasteiger partial charge in [-0.05, 0) is 31.1 Å². The van der Waals surface area contributed by atoms with E-state index in [1.165, 1.54) is 32.0 Å². The first-order chi connectivity index (χ1) is 12.7. The molecule has 140 valence electrons. The molecule has 7 atom stereocenters. The van der Waals surface area contributed by atoms with Crippen molar-refractivity contribution in [3.05, 3.63) is 12.7 Å². The van der Waals surface area contributed by atoms with E-state index < -0.39 is 24.5 Å². The highest BCUT2D eigenvalue weighted by molar-refractivity contribution is 6.18. The molecule has 0 unspecified atom stereocenters. The molecule has 2 saturated carbocycles. The molecule has 2 bridgehead atoms. The molecule has 0 spiro atoms. The first-order valence-corrected chi connectivity index (χ1v) is 9.70. The molecule has 3 heterocycles. The van der Waals surface area contributed by atoms with Crippen LogP contribution in [0.25, 0.3) is 11.2 Å². The largest absolute Gasteiger partial charge is 0.387 e. The Balaban J connectivity index is 1.44. The van der Waals surface area contributed by atoms with Crippen LogP contribution in [0, 0.1) is 11.8 Å². The molecule has 1 saturated heterocycles. The number of anilines is 1. The molecule has 0 aromatic carbocycles. The normalized spacial score (nSPS) is 39.1. The van der Waals surface area contributed by atoms with Crippen LogP contribution in [-0.4, -0.2) is 60.0 Å². The summed E-state index contributed by atoms with van der Waals surface area (Å²) in [5.41, 5.74) is 1.21. The minimum Gasteiger partial charge on any atom is -0.387 e. The summed E-state index contributed by atoms with van der Waals surface area (Å²) in [6.45, 7) is 0. The molecule has 1 aliphatic heterocycles. The quantitative estimate of drug-likeness (QED) is 0.687. The van der Waals surface area contributed by atoms with Gasteiger partial charge in [0.2, 0.25) is 0 Å². The lowest BCUT2D eigenvalue weighted by atomic mass is 9.95. The molecule has 3 N–H and O–H groups in total. The molecule has 5 rings (SSSR count). The molecular formula is C17H22ClN5O3. The van der Waals surface area contributed by atoms with E-state index in [0.29, 0.717) is 28.9 Å². The Hall–Kier alpha value is -1.48. The Morgan fingerprint density at radius 1 is 1.19 bits per heavy atom. The van der Waals surface area contributed by atoms with Gasteiger partial charge in [0.15, 0.2) is 23.2 Å². The fourth-order valence-corrected chi connectivity index (χ4v) is 5.08. The zero-order chi connectivity index (χ0) is 17.8. The number of aliphatic hydroxyl groups is 2. The van der Waals surface area contributed by atoms with Gasteiger partial charge in [-0.2, -0.15) is 0 Å². The van der Waals surface area contributed by atoms with Crippen molar-refractivity contribution in [1.82, 2.24) is 19.5 Å². The van der Waals surface area contributed by atoms with Gasteiger partial charge < -0.3 is 20.3 Å². The van der Waals surface area contributed by atoms with Gasteiger partial charge in [0.05, 0.1) is 12.2 Å². The molecule has 3 aliphatic rings. The van der Waals surface area contributed by atoms with E-state index >= 15 is 0 Å². The number of rotatable bonds is 4. The number of fused-ring (bicyclic) bond motifs is 3. The molecule has 9 heteroatoms. The summed E-state index contributed by atoms with van der Waals surface area (Å²) < 4.78 is 7.35. The maximum atomic E-state index is 10.3. The Labute approximate surface area is 155 Å². The lowest BCUT2D eigenvalue weighted by molar-refractivity contribution is -0.0291. The maximum absolute atomic E-state index is 10.3. The van der Waals surface area contributed by atoms with Gasteiger partial charge in [0, 0.05) is 6.04 Å². The molecule has 8 nitrogen and oxygen atoms in total. The van der Waals surface area contributed by atoms with Crippen molar-refractivity contribution < 1.29 is 14.9 Å². The summed E-state index contributed by atoms with van der Waals surface area (Å²) in [6.07, 6.45) is 4.66. The molecular weight excluding hydrogens is 358 g/mol. The van der Waals surface area contributed by atoms with Crippen molar-refractivity contribution in [2.24, 2.45) is 11.8 Å². The number of aliphatic hydroxyl groups excluding tert-OH is 2. The van der Waals surface area contributed by atoms with Crippen LogP contribution < -0.4 is 5.32 Å². The second-order valence-corrected chi connectivity index (χ2v) is 7.98. The number of nitrogens with zero attached hydrogens (tertiary/aromatic N) is 4. The van der Waals surface area contributed by atoms with Crippen LogP contribution in [-0.2, 0) is 4.74 Å². The number of imidazole rings is 1. The average Bonchev–Trinajstić information content (AvgIpc) is 3.41. The fraction of sp³-hybridized carbons (Fsp3) is 0.706. The SMILES string of the molecule is O[C@@H]1[C@H](O)[C@@H](CCl)O[C@H]1n1cnc2c(N[C@H]3C[C@H]4CC[C@@H]3C4)ncnc21. The summed E-state index contributed by atoms with van der Waals surface area (Å²) in [5.74, 6) is 2.37. The number of nitrogens with one attached hydrogen (secondary N) is 1. The predicted molar refractivity (Wildman–Crippen MR) is 94.8 cm³/mol. The van der Waals surface area contributed by atoms with Gasteiger partial charge in [0.1, 0.15) is 24.6 Å².